The van der Waals surface area contributed by atoms with E-state index in [0.717, 1.165) is 21.3 Å². The van der Waals surface area contributed by atoms with Gasteiger partial charge in [0.15, 0.2) is 9.84 Å². The van der Waals surface area contributed by atoms with Crippen LogP contribution in [0.15, 0.2) is 16.6 Å². The molecule has 0 amide bonds. The van der Waals surface area contributed by atoms with Gasteiger partial charge in [-0.05, 0) is 43.1 Å². The molecule has 0 aliphatic carbocycles. The highest BCUT2D eigenvalue weighted by molar-refractivity contribution is 9.10. The summed E-state index contributed by atoms with van der Waals surface area (Å²) in [6.07, 6.45) is 1.90. The van der Waals surface area contributed by atoms with E-state index in [1.807, 2.05) is 19.1 Å². The maximum Gasteiger partial charge on any atom is 0.150 e. The summed E-state index contributed by atoms with van der Waals surface area (Å²) in [6, 6.07) is 3.89. The van der Waals surface area contributed by atoms with E-state index in [0.29, 0.717) is 13.0 Å². The minimum Gasteiger partial charge on any atom is -0.492 e. The maximum absolute atomic E-state index is 11.1. The Morgan fingerprint density at radius 3 is 2.61 bits per heavy atom. The summed E-state index contributed by atoms with van der Waals surface area (Å²) in [5, 5.41) is 0. The molecule has 18 heavy (non-hydrogen) atoms. The molecule has 1 rings (SSSR count). The Bertz CT molecular complexity index is 514. The van der Waals surface area contributed by atoms with Crippen molar-refractivity contribution >= 4 is 25.8 Å². The fraction of sp³-hybridized carbons (Fsp3) is 0.500. The normalized spacial score (nSPS) is 11.6. The monoisotopic (exact) mass is 335 g/mol. The number of hydrogen-bond acceptors (Lipinski definition) is 4. The van der Waals surface area contributed by atoms with Crippen LogP contribution in [-0.4, -0.2) is 33.6 Å². The number of halogens is 1. The van der Waals surface area contributed by atoms with Crippen LogP contribution >= 0.6 is 15.9 Å². The Balaban J connectivity index is 2.86. The second-order valence-electron chi connectivity index (χ2n) is 4.23. The number of ether oxygens (including phenoxy) is 1. The Kier molecular flexibility index (Phi) is 5.62. The van der Waals surface area contributed by atoms with Gasteiger partial charge < -0.3 is 10.5 Å². The van der Waals surface area contributed by atoms with Gasteiger partial charge in [0.05, 0.1) is 5.75 Å². The van der Waals surface area contributed by atoms with Crippen LogP contribution in [0.1, 0.15) is 11.1 Å². The van der Waals surface area contributed by atoms with Crippen LogP contribution in [0.5, 0.6) is 5.75 Å². The van der Waals surface area contributed by atoms with Crippen molar-refractivity contribution < 1.29 is 13.2 Å². The van der Waals surface area contributed by atoms with Crippen LogP contribution in [-0.2, 0) is 16.3 Å². The van der Waals surface area contributed by atoms with Gasteiger partial charge in [0.1, 0.15) is 12.4 Å². The molecule has 0 fully saturated rings. The van der Waals surface area contributed by atoms with Crippen molar-refractivity contribution in [2.75, 3.05) is 25.2 Å². The summed E-state index contributed by atoms with van der Waals surface area (Å²) in [5.41, 5.74) is 7.53. The van der Waals surface area contributed by atoms with Crippen LogP contribution < -0.4 is 10.5 Å². The Morgan fingerprint density at radius 1 is 1.39 bits per heavy atom. The van der Waals surface area contributed by atoms with Crippen molar-refractivity contribution in [1.29, 1.82) is 0 Å². The summed E-state index contributed by atoms with van der Waals surface area (Å²) in [5.74, 6) is 0.761. The van der Waals surface area contributed by atoms with Gasteiger partial charge in [0.25, 0.3) is 0 Å². The van der Waals surface area contributed by atoms with Crippen molar-refractivity contribution in [2.45, 2.75) is 13.3 Å². The molecular formula is C12H18BrNO3S. The lowest BCUT2D eigenvalue weighted by Gasteiger charge is -2.14. The zero-order valence-electron chi connectivity index (χ0n) is 10.6. The molecule has 0 spiro atoms. The largest absolute Gasteiger partial charge is 0.492 e. The van der Waals surface area contributed by atoms with Crippen LogP contribution in [0, 0.1) is 6.92 Å². The number of benzene rings is 1. The van der Waals surface area contributed by atoms with Gasteiger partial charge in [-0.2, -0.15) is 0 Å². The molecule has 0 aliphatic rings. The highest BCUT2D eigenvalue weighted by Crippen LogP contribution is 2.28. The molecule has 6 heteroatoms. The molecule has 0 bridgehead atoms. The molecular weight excluding hydrogens is 318 g/mol. The molecule has 0 aromatic heterocycles. The van der Waals surface area contributed by atoms with Gasteiger partial charge in [-0.1, -0.05) is 15.9 Å². The topological polar surface area (TPSA) is 69.4 Å². The van der Waals surface area contributed by atoms with E-state index in [4.69, 9.17) is 10.5 Å². The van der Waals surface area contributed by atoms with E-state index < -0.39 is 9.84 Å². The smallest absolute Gasteiger partial charge is 0.150 e. The van der Waals surface area contributed by atoms with Crippen molar-refractivity contribution in [3.63, 3.8) is 0 Å². The standard InChI is InChI=1S/C12H18BrNO3S/c1-9-7-11(13)8-10(3-4-14)12(9)17-5-6-18(2,15)16/h7-8H,3-6,14H2,1-2H3. The molecule has 1 aromatic carbocycles. The van der Waals surface area contributed by atoms with E-state index in [1.165, 1.54) is 6.26 Å². The lowest BCUT2D eigenvalue weighted by Crippen LogP contribution is -2.14. The third-order valence-electron chi connectivity index (χ3n) is 2.43. The zero-order chi connectivity index (χ0) is 13.8. The second-order valence-corrected chi connectivity index (χ2v) is 7.40. The molecule has 102 valence electrons. The van der Waals surface area contributed by atoms with E-state index in [1.54, 1.807) is 0 Å². The van der Waals surface area contributed by atoms with Gasteiger partial charge in [-0.3, -0.25) is 0 Å². The number of rotatable bonds is 6. The summed E-state index contributed by atoms with van der Waals surface area (Å²) in [4.78, 5) is 0. The highest BCUT2D eigenvalue weighted by atomic mass is 79.9. The van der Waals surface area contributed by atoms with Gasteiger partial charge >= 0.3 is 0 Å². The average molecular weight is 336 g/mol. The van der Waals surface area contributed by atoms with Crippen molar-refractivity contribution in [2.24, 2.45) is 5.73 Å². The Labute approximate surface area is 117 Å². The fourth-order valence-electron chi connectivity index (χ4n) is 1.64. The van der Waals surface area contributed by atoms with Crippen LogP contribution in [0.3, 0.4) is 0 Å². The van der Waals surface area contributed by atoms with Gasteiger partial charge in [-0.25, -0.2) is 8.42 Å². The van der Waals surface area contributed by atoms with Crippen molar-refractivity contribution in [1.82, 2.24) is 0 Å². The first-order chi connectivity index (χ1) is 8.33. The number of aryl methyl sites for hydroxylation is 1. The van der Waals surface area contributed by atoms with E-state index in [-0.39, 0.29) is 12.4 Å². The molecule has 0 saturated carbocycles. The minimum atomic E-state index is -3.00. The quantitative estimate of drug-likeness (QED) is 0.858. The number of nitrogens with two attached hydrogens (primary N) is 1. The summed E-state index contributed by atoms with van der Waals surface area (Å²) < 4.78 is 28.7. The predicted molar refractivity (Wildman–Crippen MR) is 76.8 cm³/mol. The molecule has 0 unspecified atom stereocenters. The predicted octanol–water partition coefficient (Wildman–Crippen LogP) is 1.68. The summed E-state index contributed by atoms with van der Waals surface area (Å²) in [7, 11) is -3.00. The molecule has 0 atom stereocenters. The lowest BCUT2D eigenvalue weighted by molar-refractivity contribution is 0.335. The maximum atomic E-state index is 11.1. The molecule has 0 radical (unpaired) electrons. The first-order valence-electron chi connectivity index (χ1n) is 5.63. The van der Waals surface area contributed by atoms with Crippen LogP contribution in [0.25, 0.3) is 0 Å². The third-order valence-corrected chi connectivity index (χ3v) is 3.80. The molecule has 2 N–H and O–H groups in total. The number of hydrogen-bond donors (Lipinski definition) is 1. The third kappa shape index (κ3) is 4.96. The molecule has 4 nitrogen and oxygen atoms in total. The van der Waals surface area contributed by atoms with Crippen LogP contribution in [0.4, 0.5) is 0 Å². The summed E-state index contributed by atoms with van der Waals surface area (Å²) in [6.45, 7) is 2.62. The first kappa shape index (κ1) is 15.5. The Morgan fingerprint density at radius 2 is 2.06 bits per heavy atom. The molecule has 1 aromatic rings. The van der Waals surface area contributed by atoms with E-state index in [2.05, 4.69) is 15.9 Å². The molecule has 0 saturated heterocycles. The van der Waals surface area contributed by atoms with Gasteiger partial charge in [0, 0.05) is 10.7 Å². The fourth-order valence-corrected chi connectivity index (χ4v) is 2.65. The molecule has 0 heterocycles. The average Bonchev–Trinajstić information content (AvgIpc) is 2.20. The lowest BCUT2D eigenvalue weighted by atomic mass is 10.1. The van der Waals surface area contributed by atoms with Crippen molar-refractivity contribution in [3.05, 3.63) is 27.7 Å². The van der Waals surface area contributed by atoms with Crippen LogP contribution in [0.2, 0.25) is 0 Å². The van der Waals surface area contributed by atoms with Crippen molar-refractivity contribution in [3.8, 4) is 5.75 Å². The summed E-state index contributed by atoms with van der Waals surface area (Å²) >= 11 is 3.42. The highest BCUT2D eigenvalue weighted by Gasteiger charge is 2.10. The van der Waals surface area contributed by atoms with Gasteiger partial charge in [0.2, 0.25) is 0 Å². The SMILES string of the molecule is Cc1cc(Br)cc(CCN)c1OCCS(C)(=O)=O. The van der Waals surface area contributed by atoms with E-state index in [9.17, 15) is 8.42 Å². The Hall–Kier alpha value is -0.590. The second kappa shape index (κ2) is 6.54. The zero-order valence-corrected chi connectivity index (χ0v) is 13.0. The van der Waals surface area contributed by atoms with Gasteiger partial charge in [-0.15, -0.1) is 0 Å². The number of sulfone groups is 1. The first-order valence-corrected chi connectivity index (χ1v) is 8.48. The minimum absolute atomic E-state index is 0.0184. The molecule has 0 aliphatic heterocycles. The van der Waals surface area contributed by atoms with E-state index >= 15 is 0 Å².